The first-order valence-electron chi connectivity index (χ1n) is 14.4. The van der Waals surface area contributed by atoms with Crippen molar-refractivity contribution in [1.29, 1.82) is 0 Å². The molecule has 3 N–H and O–H groups in total. The number of nitrogens with zero attached hydrogens (tertiary/aromatic N) is 1. The van der Waals surface area contributed by atoms with Gasteiger partial charge in [0, 0.05) is 34.8 Å². The molecule has 1 heterocycles. The van der Waals surface area contributed by atoms with E-state index in [1.165, 1.54) is 25.7 Å². The minimum absolute atomic E-state index is 0.0397. The fraction of sp³-hybridized carbons (Fsp3) is 0.562. The van der Waals surface area contributed by atoms with Crippen LogP contribution in [0.5, 0.6) is 0 Å². The van der Waals surface area contributed by atoms with Crippen molar-refractivity contribution in [3.05, 3.63) is 65.7 Å². The molecule has 0 bridgehead atoms. The number of hydrogen-bond acceptors (Lipinski definition) is 5. The van der Waals surface area contributed by atoms with Gasteiger partial charge in [0.1, 0.15) is 0 Å². The van der Waals surface area contributed by atoms with Crippen molar-refractivity contribution in [1.82, 2.24) is 15.5 Å². The van der Waals surface area contributed by atoms with Crippen LogP contribution in [0, 0.1) is 18.8 Å². The number of carbonyl (C=O) groups is 2. The van der Waals surface area contributed by atoms with Crippen LogP contribution >= 0.6 is 11.8 Å². The Morgan fingerprint density at radius 3 is 2.38 bits per heavy atom. The highest BCUT2D eigenvalue weighted by molar-refractivity contribution is 7.99. The molecule has 6 nitrogen and oxygen atoms in total. The number of rotatable bonds is 9. The van der Waals surface area contributed by atoms with E-state index in [2.05, 4.69) is 15.5 Å². The number of aliphatic hydroxyl groups is 1. The zero-order chi connectivity index (χ0) is 28.0. The monoisotopic (exact) mass is 551 g/mol. The molecular weight excluding hydrogens is 506 g/mol. The maximum atomic E-state index is 13.5. The lowest BCUT2D eigenvalue weighted by atomic mass is 9.72. The summed E-state index contributed by atoms with van der Waals surface area (Å²) in [6.45, 7) is 9.11. The molecule has 1 aliphatic heterocycles. The van der Waals surface area contributed by atoms with Gasteiger partial charge in [-0.25, -0.2) is 0 Å². The molecule has 5 atom stereocenters. The summed E-state index contributed by atoms with van der Waals surface area (Å²) in [5.74, 6) is 1.51. The lowest BCUT2D eigenvalue weighted by Crippen LogP contribution is -2.60. The summed E-state index contributed by atoms with van der Waals surface area (Å²) in [4.78, 5) is 30.0. The summed E-state index contributed by atoms with van der Waals surface area (Å²) >= 11 is 1.62. The normalized spacial score (nSPS) is 23.4. The van der Waals surface area contributed by atoms with E-state index >= 15 is 0 Å². The van der Waals surface area contributed by atoms with Crippen LogP contribution in [-0.2, 0) is 4.79 Å². The van der Waals surface area contributed by atoms with Gasteiger partial charge in [-0.1, -0.05) is 55.7 Å². The van der Waals surface area contributed by atoms with E-state index in [4.69, 9.17) is 0 Å². The summed E-state index contributed by atoms with van der Waals surface area (Å²) in [7, 11) is 0. The van der Waals surface area contributed by atoms with Gasteiger partial charge in [0.25, 0.3) is 5.91 Å². The molecule has 39 heavy (non-hydrogen) atoms. The van der Waals surface area contributed by atoms with Gasteiger partial charge in [-0.2, -0.15) is 0 Å². The van der Waals surface area contributed by atoms with Crippen LogP contribution in [0.25, 0.3) is 0 Å². The van der Waals surface area contributed by atoms with Crippen LogP contribution < -0.4 is 10.6 Å². The van der Waals surface area contributed by atoms with Crippen LogP contribution in [0.3, 0.4) is 0 Å². The van der Waals surface area contributed by atoms with Crippen molar-refractivity contribution in [3.63, 3.8) is 0 Å². The average molecular weight is 552 g/mol. The standard InChI is InChI=1S/C32H45N3O3S/c1-22-12-8-11-17-26(22)30(37)33-27(21-39-25-15-6-5-7-16-25)29(36)20-35-19-24-14-10-9-13-23(24)18-28(35)31(38)34-32(2,3)4/h5-8,11-12,15-17,23-24,27-29,36H,9-10,13-14,18-21H2,1-4H3,(H,33,37)(H,34,38)/t23-,24+,27+,28-,29-/m0/s1. The number of nitrogens with one attached hydrogen (secondary N) is 2. The quantitative estimate of drug-likeness (QED) is 0.381. The van der Waals surface area contributed by atoms with Gasteiger partial charge in [0.05, 0.1) is 18.2 Å². The summed E-state index contributed by atoms with van der Waals surface area (Å²) in [5, 5.41) is 18.0. The number of amides is 2. The number of benzene rings is 2. The molecular formula is C32H45N3O3S. The van der Waals surface area contributed by atoms with Crippen LogP contribution in [-0.4, -0.2) is 64.4 Å². The molecule has 2 aromatic rings. The topological polar surface area (TPSA) is 81.7 Å². The molecule has 0 radical (unpaired) electrons. The van der Waals surface area contributed by atoms with Crippen LogP contribution in [0.2, 0.25) is 0 Å². The fourth-order valence-corrected chi connectivity index (χ4v) is 7.05. The molecule has 0 spiro atoms. The highest BCUT2D eigenvalue weighted by Gasteiger charge is 2.41. The number of carbonyl (C=O) groups excluding carboxylic acids is 2. The van der Waals surface area contributed by atoms with E-state index in [1.54, 1.807) is 11.8 Å². The third kappa shape index (κ3) is 8.32. The van der Waals surface area contributed by atoms with Gasteiger partial charge >= 0.3 is 0 Å². The summed E-state index contributed by atoms with van der Waals surface area (Å²) in [5.41, 5.74) is 1.20. The Hall–Kier alpha value is -2.35. The Bertz CT molecular complexity index is 1100. The summed E-state index contributed by atoms with van der Waals surface area (Å²) in [6, 6.07) is 16.8. The van der Waals surface area contributed by atoms with Gasteiger partial charge in [0.2, 0.25) is 5.91 Å². The van der Waals surface area contributed by atoms with Gasteiger partial charge in [0.15, 0.2) is 0 Å². The third-order valence-corrected chi connectivity index (χ3v) is 9.20. The molecule has 2 aliphatic rings. The highest BCUT2D eigenvalue weighted by Crippen LogP contribution is 2.39. The van der Waals surface area contributed by atoms with E-state index in [1.807, 2.05) is 82.3 Å². The Balaban J connectivity index is 1.52. The molecule has 2 amide bonds. The predicted molar refractivity (Wildman–Crippen MR) is 159 cm³/mol. The maximum absolute atomic E-state index is 13.5. The number of piperidine rings is 1. The second-order valence-corrected chi connectivity index (χ2v) is 13.4. The Kier molecular flexibility index (Phi) is 10.1. The first-order chi connectivity index (χ1) is 18.6. The highest BCUT2D eigenvalue weighted by atomic mass is 32.2. The molecule has 1 aliphatic carbocycles. The van der Waals surface area contributed by atoms with E-state index in [0.29, 0.717) is 29.7 Å². The Morgan fingerprint density at radius 2 is 1.69 bits per heavy atom. The zero-order valence-electron chi connectivity index (χ0n) is 23.9. The van der Waals surface area contributed by atoms with Gasteiger partial charge in [-0.3, -0.25) is 14.5 Å². The second kappa shape index (κ2) is 13.3. The molecule has 4 rings (SSSR count). The van der Waals surface area contributed by atoms with E-state index in [9.17, 15) is 14.7 Å². The minimum atomic E-state index is -0.820. The number of aliphatic hydroxyl groups excluding tert-OH is 1. The molecule has 0 aromatic heterocycles. The lowest BCUT2D eigenvalue weighted by Gasteiger charge is -2.47. The lowest BCUT2D eigenvalue weighted by molar-refractivity contribution is -0.132. The molecule has 7 heteroatoms. The fourth-order valence-electron chi connectivity index (χ4n) is 6.02. The largest absolute Gasteiger partial charge is 0.390 e. The first-order valence-corrected chi connectivity index (χ1v) is 15.4. The van der Waals surface area contributed by atoms with Gasteiger partial charge in [-0.15, -0.1) is 11.8 Å². The van der Waals surface area contributed by atoms with Crippen molar-refractivity contribution >= 4 is 23.6 Å². The van der Waals surface area contributed by atoms with Crippen molar-refractivity contribution in [2.24, 2.45) is 11.8 Å². The van der Waals surface area contributed by atoms with E-state index < -0.39 is 12.1 Å². The summed E-state index contributed by atoms with van der Waals surface area (Å²) < 4.78 is 0. The molecule has 1 saturated carbocycles. The molecule has 2 aromatic carbocycles. The van der Waals surface area contributed by atoms with E-state index in [0.717, 1.165) is 23.4 Å². The van der Waals surface area contributed by atoms with Crippen molar-refractivity contribution in [2.45, 2.75) is 88.4 Å². The van der Waals surface area contributed by atoms with Crippen LogP contribution in [0.1, 0.15) is 68.8 Å². The average Bonchev–Trinajstić information content (AvgIpc) is 2.90. The third-order valence-electron chi connectivity index (χ3n) is 8.07. The number of likely N-dealkylation sites (tertiary alicyclic amines) is 1. The van der Waals surface area contributed by atoms with Gasteiger partial charge in [-0.05, 0) is 76.1 Å². The Labute approximate surface area is 238 Å². The predicted octanol–water partition coefficient (Wildman–Crippen LogP) is 5.04. The number of β-amino-alcohol motifs (C(OH)–C–C–N with tert-alkyl or cyclic N) is 1. The second-order valence-electron chi connectivity index (χ2n) is 12.3. The Morgan fingerprint density at radius 1 is 1.03 bits per heavy atom. The molecule has 1 saturated heterocycles. The first kappa shape index (κ1) is 29.6. The molecule has 0 unspecified atom stereocenters. The van der Waals surface area contributed by atoms with Crippen LogP contribution in [0.15, 0.2) is 59.5 Å². The number of hydrogen-bond donors (Lipinski definition) is 3. The minimum Gasteiger partial charge on any atom is -0.390 e. The zero-order valence-corrected chi connectivity index (χ0v) is 24.7. The number of fused-ring (bicyclic) bond motifs is 1. The maximum Gasteiger partial charge on any atom is 0.251 e. The number of aryl methyl sites for hydroxylation is 1. The molecule has 2 fully saturated rings. The van der Waals surface area contributed by atoms with Crippen molar-refractivity contribution in [3.8, 4) is 0 Å². The smallest absolute Gasteiger partial charge is 0.251 e. The summed E-state index contributed by atoms with van der Waals surface area (Å²) in [6.07, 6.45) is 4.85. The van der Waals surface area contributed by atoms with Crippen molar-refractivity contribution in [2.75, 3.05) is 18.8 Å². The SMILES string of the molecule is Cc1ccccc1C(=O)N[C@H](CSc1ccccc1)[C@@H](O)CN1C[C@H]2CCCC[C@H]2C[C@H]1C(=O)NC(C)(C)C. The van der Waals surface area contributed by atoms with E-state index in [-0.39, 0.29) is 23.4 Å². The number of thioether (sulfide) groups is 1. The van der Waals surface area contributed by atoms with Crippen LogP contribution in [0.4, 0.5) is 0 Å². The van der Waals surface area contributed by atoms with Gasteiger partial charge < -0.3 is 15.7 Å². The van der Waals surface area contributed by atoms with Crippen molar-refractivity contribution < 1.29 is 14.7 Å². The molecule has 212 valence electrons.